The van der Waals surface area contributed by atoms with Gasteiger partial charge in [0, 0.05) is 17.0 Å². The molecule has 1 saturated carbocycles. The van der Waals surface area contributed by atoms with Gasteiger partial charge >= 0.3 is 0 Å². The number of hydrogen-bond acceptors (Lipinski definition) is 3. The smallest absolute Gasteiger partial charge is 0.254 e. The summed E-state index contributed by atoms with van der Waals surface area (Å²) in [6.07, 6.45) is 5.46. The summed E-state index contributed by atoms with van der Waals surface area (Å²) < 4.78 is 13.6. The van der Waals surface area contributed by atoms with Gasteiger partial charge < -0.3 is 11.1 Å². The van der Waals surface area contributed by atoms with Crippen molar-refractivity contribution >= 4 is 23.4 Å². The number of anilines is 1. The van der Waals surface area contributed by atoms with Crippen molar-refractivity contribution in [3.8, 4) is 0 Å². The van der Waals surface area contributed by atoms with Gasteiger partial charge in [0.1, 0.15) is 5.82 Å². The standard InChI is InChI=1S/C13H17FN2OS/c1-18-13(5-2-6-13)8-16-12(17)10-7-9(15)3-4-11(10)14/h3-4,7H,2,5-6,8,15H2,1H3,(H,16,17). The minimum absolute atomic E-state index is 0.0191. The molecule has 98 valence electrons. The van der Waals surface area contributed by atoms with E-state index in [2.05, 4.69) is 5.32 Å². The Morgan fingerprint density at radius 3 is 2.83 bits per heavy atom. The van der Waals surface area contributed by atoms with Crippen molar-refractivity contribution in [2.75, 3.05) is 18.5 Å². The van der Waals surface area contributed by atoms with E-state index < -0.39 is 5.82 Å². The minimum atomic E-state index is -0.534. The fourth-order valence-electron chi connectivity index (χ4n) is 2.08. The number of rotatable bonds is 4. The first-order valence-corrected chi connectivity index (χ1v) is 7.17. The number of benzene rings is 1. The molecular formula is C13H17FN2OS. The van der Waals surface area contributed by atoms with E-state index in [1.807, 2.05) is 6.26 Å². The maximum atomic E-state index is 13.5. The van der Waals surface area contributed by atoms with Crippen molar-refractivity contribution in [1.29, 1.82) is 0 Å². The van der Waals surface area contributed by atoms with Gasteiger partial charge in [-0.1, -0.05) is 6.42 Å². The first-order chi connectivity index (χ1) is 8.56. The van der Waals surface area contributed by atoms with Crippen LogP contribution in [0.2, 0.25) is 0 Å². The molecule has 0 unspecified atom stereocenters. The predicted molar refractivity (Wildman–Crippen MR) is 73.2 cm³/mol. The Morgan fingerprint density at radius 2 is 2.28 bits per heavy atom. The lowest BCUT2D eigenvalue weighted by Gasteiger charge is -2.40. The molecule has 3 N–H and O–H groups in total. The second-order valence-corrected chi connectivity index (χ2v) is 5.94. The maximum Gasteiger partial charge on any atom is 0.254 e. The fraction of sp³-hybridized carbons (Fsp3) is 0.462. The van der Waals surface area contributed by atoms with Crippen LogP contribution in [0.1, 0.15) is 29.6 Å². The van der Waals surface area contributed by atoms with Gasteiger partial charge in [0.2, 0.25) is 0 Å². The van der Waals surface area contributed by atoms with E-state index in [9.17, 15) is 9.18 Å². The van der Waals surface area contributed by atoms with E-state index in [0.29, 0.717) is 12.2 Å². The molecule has 0 saturated heterocycles. The normalized spacial score (nSPS) is 17.0. The Kier molecular flexibility index (Phi) is 3.80. The number of carbonyl (C=O) groups is 1. The van der Waals surface area contributed by atoms with Gasteiger partial charge in [-0.3, -0.25) is 4.79 Å². The van der Waals surface area contributed by atoms with Crippen LogP contribution in [0.15, 0.2) is 18.2 Å². The molecule has 1 fully saturated rings. The van der Waals surface area contributed by atoms with Crippen LogP contribution in [-0.2, 0) is 0 Å². The topological polar surface area (TPSA) is 55.1 Å². The number of nitrogens with one attached hydrogen (secondary N) is 1. The highest BCUT2D eigenvalue weighted by atomic mass is 32.2. The summed E-state index contributed by atoms with van der Waals surface area (Å²) in [5.74, 6) is -0.923. The van der Waals surface area contributed by atoms with E-state index in [0.717, 1.165) is 12.8 Å². The van der Waals surface area contributed by atoms with Gasteiger partial charge in [0.05, 0.1) is 5.56 Å². The molecule has 2 rings (SSSR count). The maximum absolute atomic E-state index is 13.5. The third-order valence-corrected chi connectivity index (χ3v) is 4.92. The molecule has 0 atom stereocenters. The molecule has 1 aromatic rings. The predicted octanol–water partition coefficient (Wildman–Crippen LogP) is 2.42. The van der Waals surface area contributed by atoms with Gasteiger partial charge in [-0.15, -0.1) is 0 Å². The Hall–Kier alpha value is -1.23. The zero-order valence-corrected chi connectivity index (χ0v) is 11.1. The number of amides is 1. The molecule has 1 aromatic carbocycles. The van der Waals surface area contributed by atoms with Crippen LogP contribution in [-0.4, -0.2) is 23.5 Å². The summed E-state index contributed by atoms with van der Waals surface area (Å²) >= 11 is 1.77. The van der Waals surface area contributed by atoms with Crippen LogP contribution in [0.4, 0.5) is 10.1 Å². The first-order valence-electron chi connectivity index (χ1n) is 5.95. The molecule has 1 amide bonds. The van der Waals surface area contributed by atoms with Crippen LogP contribution in [0, 0.1) is 5.82 Å². The van der Waals surface area contributed by atoms with Gasteiger partial charge in [-0.2, -0.15) is 11.8 Å². The average Bonchev–Trinajstić information content (AvgIpc) is 2.31. The molecule has 0 heterocycles. The lowest BCUT2D eigenvalue weighted by atomic mass is 9.84. The van der Waals surface area contributed by atoms with Gasteiger partial charge in [0.15, 0.2) is 0 Å². The molecular weight excluding hydrogens is 251 g/mol. The summed E-state index contributed by atoms with van der Waals surface area (Å²) in [7, 11) is 0. The second-order valence-electron chi connectivity index (χ2n) is 4.66. The molecule has 1 aliphatic rings. The highest BCUT2D eigenvalue weighted by molar-refractivity contribution is 8.00. The van der Waals surface area contributed by atoms with Crippen LogP contribution in [0.5, 0.6) is 0 Å². The average molecular weight is 268 g/mol. The molecule has 18 heavy (non-hydrogen) atoms. The number of nitrogens with two attached hydrogens (primary N) is 1. The first kappa shape index (κ1) is 13.2. The van der Waals surface area contributed by atoms with E-state index in [1.54, 1.807) is 11.8 Å². The minimum Gasteiger partial charge on any atom is -0.399 e. The van der Waals surface area contributed by atoms with Crippen molar-refractivity contribution < 1.29 is 9.18 Å². The van der Waals surface area contributed by atoms with Crippen molar-refractivity contribution in [2.45, 2.75) is 24.0 Å². The Balaban J connectivity index is 2.01. The molecule has 1 aliphatic carbocycles. The van der Waals surface area contributed by atoms with E-state index in [-0.39, 0.29) is 16.2 Å². The largest absolute Gasteiger partial charge is 0.399 e. The quantitative estimate of drug-likeness (QED) is 0.825. The Morgan fingerprint density at radius 1 is 1.56 bits per heavy atom. The number of thioether (sulfide) groups is 1. The summed E-state index contributed by atoms with van der Waals surface area (Å²) in [6, 6.07) is 4.04. The number of halogens is 1. The molecule has 0 radical (unpaired) electrons. The summed E-state index contributed by atoms with van der Waals surface area (Å²) in [4.78, 5) is 11.9. The zero-order valence-electron chi connectivity index (χ0n) is 10.3. The van der Waals surface area contributed by atoms with Crippen molar-refractivity contribution in [1.82, 2.24) is 5.32 Å². The summed E-state index contributed by atoms with van der Waals surface area (Å²) in [5.41, 5.74) is 5.97. The SMILES string of the molecule is CSC1(CNC(=O)c2cc(N)ccc2F)CCC1. The van der Waals surface area contributed by atoms with Crippen LogP contribution >= 0.6 is 11.8 Å². The van der Waals surface area contributed by atoms with Gasteiger partial charge in [0.25, 0.3) is 5.91 Å². The van der Waals surface area contributed by atoms with Crippen LogP contribution in [0.3, 0.4) is 0 Å². The third kappa shape index (κ3) is 2.61. The lowest BCUT2D eigenvalue weighted by molar-refractivity contribution is 0.0940. The zero-order chi connectivity index (χ0) is 13.2. The monoisotopic (exact) mass is 268 g/mol. The molecule has 0 aromatic heterocycles. The van der Waals surface area contributed by atoms with E-state index >= 15 is 0 Å². The Labute approximate surface area is 110 Å². The lowest BCUT2D eigenvalue weighted by Crippen LogP contribution is -2.45. The van der Waals surface area contributed by atoms with Crippen molar-refractivity contribution in [3.05, 3.63) is 29.6 Å². The molecule has 0 spiro atoms. The van der Waals surface area contributed by atoms with E-state index in [4.69, 9.17) is 5.73 Å². The second kappa shape index (κ2) is 5.18. The van der Waals surface area contributed by atoms with Crippen LogP contribution in [0.25, 0.3) is 0 Å². The van der Waals surface area contributed by atoms with Crippen LogP contribution < -0.4 is 11.1 Å². The number of hydrogen-bond donors (Lipinski definition) is 2. The number of carbonyl (C=O) groups excluding carboxylic acids is 1. The highest BCUT2D eigenvalue weighted by Crippen LogP contribution is 2.42. The molecule has 3 nitrogen and oxygen atoms in total. The summed E-state index contributed by atoms with van der Waals surface area (Å²) in [6.45, 7) is 0.585. The highest BCUT2D eigenvalue weighted by Gasteiger charge is 2.36. The fourth-order valence-corrected chi connectivity index (χ4v) is 2.99. The molecule has 0 bridgehead atoms. The Bertz CT molecular complexity index is 455. The molecule has 0 aliphatic heterocycles. The summed E-state index contributed by atoms with van der Waals surface area (Å²) in [5, 5.41) is 2.81. The molecule has 5 heteroatoms. The number of nitrogen functional groups attached to an aromatic ring is 1. The van der Waals surface area contributed by atoms with Crippen molar-refractivity contribution in [2.24, 2.45) is 0 Å². The van der Waals surface area contributed by atoms with Gasteiger partial charge in [-0.25, -0.2) is 4.39 Å². The van der Waals surface area contributed by atoms with E-state index in [1.165, 1.54) is 24.6 Å². The van der Waals surface area contributed by atoms with Gasteiger partial charge in [-0.05, 0) is 37.3 Å². The van der Waals surface area contributed by atoms with Crippen molar-refractivity contribution in [3.63, 3.8) is 0 Å². The third-order valence-electron chi connectivity index (χ3n) is 3.50.